The van der Waals surface area contributed by atoms with E-state index in [0.29, 0.717) is 6.54 Å². The van der Waals surface area contributed by atoms with Gasteiger partial charge < -0.3 is 10.2 Å². The van der Waals surface area contributed by atoms with E-state index < -0.39 is 5.54 Å². The third-order valence-electron chi connectivity index (χ3n) is 2.10. The lowest BCUT2D eigenvalue weighted by molar-refractivity contribution is -0.148. The van der Waals surface area contributed by atoms with E-state index in [-0.39, 0.29) is 18.4 Å². The molecule has 1 saturated heterocycles. The fourth-order valence-corrected chi connectivity index (χ4v) is 1.53. The summed E-state index contributed by atoms with van der Waals surface area (Å²) in [7, 11) is 0. The van der Waals surface area contributed by atoms with Crippen molar-refractivity contribution < 1.29 is 9.59 Å². The van der Waals surface area contributed by atoms with E-state index in [1.54, 1.807) is 18.7 Å². The van der Waals surface area contributed by atoms with Crippen LogP contribution in [0.1, 0.15) is 27.2 Å². The lowest BCUT2D eigenvalue weighted by atomic mass is 10.0. The molecule has 2 amide bonds. The predicted octanol–water partition coefficient (Wildman–Crippen LogP) is 0.133. The van der Waals surface area contributed by atoms with Crippen molar-refractivity contribution in [2.75, 3.05) is 13.1 Å². The Kier molecular flexibility index (Phi) is 2.59. The smallest absolute Gasteiger partial charge is 0.248 e. The Bertz CT molecular complexity index is 236. The number of nitrogens with one attached hydrogen (secondary N) is 1. The number of rotatable bonds is 2. The highest BCUT2D eigenvalue weighted by molar-refractivity contribution is 5.97. The van der Waals surface area contributed by atoms with Gasteiger partial charge in [-0.25, -0.2) is 0 Å². The van der Waals surface area contributed by atoms with Crippen molar-refractivity contribution in [3.8, 4) is 0 Å². The van der Waals surface area contributed by atoms with Gasteiger partial charge in [-0.1, -0.05) is 6.92 Å². The highest BCUT2D eigenvalue weighted by Gasteiger charge is 2.38. The number of piperazine rings is 1. The zero-order chi connectivity index (χ0) is 10.1. The molecule has 0 atom stereocenters. The Morgan fingerprint density at radius 1 is 1.46 bits per heavy atom. The molecule has 0 bridgehead atoms. The first-order chi connectivity index (χ1) is 5.97. The van der Waals surface area contributed by atoms with Gasteiger partial charge in [0.15, 0.2) is 0 Å². The average molecular weight is 184 g/mol. The van der Waals surface area contributed by atoms with Gasteiger partial charge in [0, 0.05) is 6.54 Å². The summed E-state index contributed by atoms with van der Waals surface area (Å²) in [4.78, 5) is 24.5. The number of carbonyl (C=O) groups excluding carboxylic acids is 2. The molecular weight excluding hydrogens is 168 g/mol. The Morgan fingerprint density at radius 2 is 2.08 bits per heavy atom. The molecule has 1 aliphatic heterocycles. The zero-order valence-electron chi connectivity index (χ0n) is 8.39. The number of hydrogen-bond acceptors (Lipinski definition) is 2. The second kappa shape index (κ2) is 3.36. The minimum atomic E-state index is -0.732. The largest absolute Gasteiger partial charge is 0.341 e. The van der Waals surface area contributed by atoms with E-state index in [0.717, 1.165) is 6.42 Å². The third-order valence-corrected chi connectivity index (χ3v) is 2.10. The number of hydrogen-bond donors (Lipinski definition) is 1. The fourth-order valence-electron chi connectivity index (χ4n) is 1.53. The summed E-state index contributed by atoms with van der Waals surface area (Å²) in [5.41, 5.74) is -0.732. The van der Waals surface area contributed by atoms with Gasteiger partial charge in [-0.3, -0.25) is 9.59 Å². The Hall–Kier alpha value is -1.06. The Balaban J connectivity index is 2.75. The molecule has 0 radical (unpaired) electrons. The average Bonchev–Trinajstić information content (AvgIpc) is 1.99. The van der Waals surface area contributed by atoms with E-state index in [1.807, 2.05) is 6.92 Å². The van der Waals surface area contributed by atoms with Gasteiger partial charge in [0.2, 0.25) is 11.8 Å². The highest BCUT2D eigenvalue weighted by Crippen LogP contribution is 2.12. The quantitative estimate of drug-likeness (QED) is 0.663. The Labute approximate surface area is 78.3 Å². The second-order valence-corrected chi connectivity index (χ2v) is 3.90. The van der Waals surface area contributed by atoms with Crippen LogP contribution in [-0.4, -0.2) is 35.3 Å². The fraction of sp³-hybridized carbons (Fsp3) is 0.778. The number of amides is 2. The van der Waals surface area contributed by atoms with Crippen molar-refractivity contribution in [1.82, 2.24) is 10.2 Å². The van der Waals surface area contributed by atoms with Crippen LogP contribution in [0.25, 0.3) is 0 Å². The van der Waals surface area contributed by atoms with E-state index in [2.05, 4.69) is 5.32 Å². The van der Waals surface area contributed by atoms with Gasteiger partial charge in [0.25, 0.3) is 0 Å². The molecule has 0 aromatic heterocycles. The molecule has 0 aromatic carbocycles. The predicted molar refractivity (Wildman–Crippen MR) is 49.1 cm³/mol. The SMILES string of the molecule is CCCN1CC(=O)NC(C)(C)C1=O. The van der Waals surface area contributed by atoms with Gasteiger partial charge in [-0.2, -0.15) is 0 Å². The van der Waals surface area contributed by atoms with E-state index in [1.165, 1.54) is 0 Å². The monoisotopic (exact) mass is 184 g/mol. The van der Waals surface area contributed by atoms with Crippen molar-refractivity contribution in [2.45, 2.75) is 32.7 Å². The van der Waals surface area contributed by atoms with E-state index in [9.17, 15) is 9.59 Å². The molecule has 0 spiro atoms. The second-order valence-electron chi connectivity index (χ2n) is 3.90. The summed E-state index contributed by atoms with van der Waals surface area (Å²) in [6, 6.07) is 0. The molecule has 74 valence electrons. The molecule has 0 saturated carbocycles. The van der Waals surface area contributed by atoms with Gasteiger partial charge in [-0.15, -0.1) is 0 Å². The van der Waals surface area contributed by atoms with Crippen molar-refractivity contribution in [1.29, 1.82) is 0 Å². The normalized spacial score (nSPS) is 21.6. The number of carbonyl (C=O) groups is 2. The summed E-state index contributed by atoms with van der Waals surface area (Å²) in [5, 5.41) is 2.66. The molecule has 4 nitrogen and oxygen atoms in total. The molecule has 4 heteroatoms. The van der Waals surface area contributed by atoms with Gasteiger partial charge in [0.1, 0.15) is 5.54 Å². The molecule has 13 heavy (non-hydrogen) atoms. The summed E-state index contributed by atoms with van der Waals surface area (Å²) in [6.45, 7) is 6.32. The minimum absolute atomic E-state index is 0.00829. The maximum Gasteiger partial charge on any atom is 0.248 e. The summed E-state index contributed by atoms with van der Waals surface area (Å²) in [6.07, 6.45) is 0.884. The molecule has 1 heterocycles. The van der Waals surface area contributed by atoms with Gasteiger partial charge in [-0.05, 0) is 20.3 Å². The van der Waals surface area contributed by atoms with Gasteiger partial charge in [0.05, 0.1) is 6.54 Å². The highest BCUT2D eigenvalue weighted by atomic mass is 16.2. The van der Waals surface area contributed by atoms with Crippen molar-refractivity contribution in [3.63, 3.8) is 0 Å². The summed E-state index contributed by atoms with van der Waals surface area (Å²) in [5.74, 6) is -0.0630. The lowest BCUT2D eigenvalue weighted by Gasteiger charge is -2.37. The molecule has 1 N–H and O–H groups in total. The van der Waals surface area contributed by atoms with Crippen LogP contribution >= 0.6 is 0 Å². The molecular formula is C9H16N2O2. The Morgan fingerprint density at radius 3 is 2.62 bits per heavy atom. The lowest BCUT2D eigenvalue weighted by Crippen LogP contribution is -2.63. The molecule has 1 fully saturated rings. The number of nitrogens with zero attached hydrogens (tertiary/aromatic N) is 1. The van der Waals surface area contributed by atoms with Gasteiger partial charge >= 0.3 is 0 Å². The molecule has 0 unspecified atom stereocenters. The van der Waals surface area contributed by atoms with Crippen LogP contribution in [0.3, 0.4) is 0 Å². The third kappa shape index (κ3) is 1.99. The molecule has 0 aliphatic carbocycles. The molecule has 0 aromatic rings. The first-order valence-corrected chi connectivity index (χ1v) is 4.57. The van der Waals surface area contributed by atoms with Crippen LogP contribution in [0.15, 0.2) is 0 Å². The molecule has 1 aliphatic rings. The standard InChI is InChI=1S/C9H16N2O2/c1-4-5-11-6-7(12)10-9(2,3)8(11)13/h4-6H2,1-3H3,(H,10,12). The van der Waals surface area contributed by atoms with Crippen LogP contribution < -0.4 is 5.32 Å². The summed E-state index contributed by atoms with van der Waals surface area (Å²) >= 11 is 0. The molecule has 1 rings (SSSR count). The van der Waals surface area contributed by atoms with E-state index >= 15 is 0 Å². The first kappa shape index (κ1) is 10.0. The first-order valence-electron chi connectivity index (χ1n) is 4.57. The zero-order valence-corrected chi connectivity index (χ0v) is 8.39. The topological polar surface area (TPSA) is 49.4 Å². The maximum absolute atomic E-state index is 11.7. The van der Waals surface area contributed by atoms with Crippen LogP contribution in [0.2, 0.25) is 0 Å². The van der Waals surface area contributed by atoms with Crippen molar-refractivity contribution in [3.05, 3.63) is 0 Å². The van der Waals surface area contributed by atoms with Crippen LogP contribution in [0.5, 0.6) is 0 Å². The maximum atomic E-state index is 11.7. The summed E-state index contributed by atoms with van der Waals surface area (Å²) < 4.78 is 0. The minimum Gasteiger partial charge on any atom is -0.341 e. The van der Waals surface area contributed by atoms with Crippen molar-refractivity contribution in [2.24, 2.45) is 0 Å². The van der Waals surface area contributed by atoms with Crippen LogP contribution in [0.4, 0.5) is 0 Å². The van der Waals surface area contributed by atoms with Crippen molar-refractivity contribution >= 4 is 11.8 Å². The van der Waals surface area contributed by atoms with Crippen LogP contribution in [0, 0.1) is 0 Å². The van der Waals surface area contributed by atoms with E-state index in [4.69, 9.17) is 0 Å². The van der Waals surface area contributed by atoms with Crippen LogP contribution in [-0.2, 0) is 9.59 Å².